The summed E-state index contributed by atoms with van der Waals surface area (Å²) in [4.78, 5) is 24.5. The summed E-state index contributed by atoms with van der Waals surface area (Å²) >= 11 is 0. The molecule has 24 heavy (non-hydrogen) atoms. The van der Waals surface area contributed by atoms with E-state index in [1.54, 1.807) is 12.1 Å². The van der Waals surface area contributed by atoms with Gasteiger partial charge in [-0.25, -0.2) is 12.7 Å². The molecule has 7 heteroatoms. The molecule has 132 valence electrons. The van der Waals surface area contributed by atoms with E-state index in [-0.39, 0.29) is 17.7 Å². The van der Waals surface area contributed by atoms with Gasteiger partial charge in [0.15, 0.2) is 0 Å². The van der Waals surface area contributed by atoms with E-state index >= 15 is 0 Å². The smallest absolute Gasteiger partial charge is 0.267 e. The van der Waals surface area contributed by atoms with Crippen molar-refractivity contribution in [2.24, 2.45) is 5.92 Å². The van der Waals surface area contributed by atoms with Crippen LogP contribution in [0.4, 0.5) is 0 Å². The summed E-state index contributed by atoms with van der Waals surface area (Å²) in [6.45, 7) is 6.40. The third-order valence-electron chi connectivity index (χ3n) is 4.06. The highest BCUT2D eigenvalue weighted by molar-refractivity contribution is 7.89. The summed E-state index contributed by atoms with van der Waals surface area (Å²) in [6, 6.07) is 5.31. The van der Waals surface area contributed by atoms with Crippen molar-refractivity contribution in [2.75, 3.05) is 6.54 Å². The number of benzene rings is 1. The molecule has 0 spiro atoms. The second-order valence-electron chi connectivity index (χ2n) is 6.54. The van der Waals surface area contributed by atoms with E-state index in [4.69, 9.17) is 0 Å². The summed E-state index contributed by atoms with van der Waals surface area (Å²) in [5.41, 5.74) is 0.921. The molecule has 1 aromatic carbocycles. The van der Waals surface area contributed by atoms with Gasteiger partial charge in [-0.1, -0.05) is 31.5 Å². The predicted octanol–water partition coefficient (Wildman–Crippen LogP) is 1.84. The highest BCUT2D eigenvalue weighted by atomic mass is 32.2. The second-order valence-corrected chi connectivity index (χ2v) is 8.35. The van der Waals surface area contributed by atoms with E-state index in [1.807, 2.05) is 20.8 Å². The molecule has 0 unspecified atom stereocenters. The first-order valence-corrected chi connectivity index (χ1v) is 9.59. The van der Waals surface area contributed by atoms with Crippen LogP contribution in [0.1, 0.15) is 38.7 Å². The molecule has 1 N–H and O–H groups in total. The van der Waals surface area contributed by atoms with Crippen LogP contribution in [-0.4, -0.2) is 37.1 Å². The van der Waals surface area contributed by atoms with Crippen LogP contribution in [0.25, 0.3) is 0 Å². The van der Waals surface area contributed by atoms with Gasteiger partial charge < -0.3 is 5.32 Å². The van der Waals surface area contributed by atoms with Gasteiger partial charge in [-0.05, 0) is 37.8 Å². The minimum absolute atomic E-state index is 0.0309. The monoisotopic (exact) mass is 352 g/mol. The van der Waals surface area contributed by atoms with Crippen LogP contribution < -0.4 is 5.32 Å². The van der Waals surface area contributed by atoms with Crippen molar-refractivity contribution in [2.45, 2.75) is 51.0 Å². The minimum atomic E-state index is -4.02. The first kappa shape index (κ1) is 18.4. The van der Waals surface area contributed by atoms with Crippen molar-refractivity contribution < 1.29 is 18.0 Å². The minimum Gasteiger partial charge on any atom is -0.354 e. The Bertz CT molecular complexity index is 711. The number of carbonyl (C=O) groups excluding carboxylic acids is 2. The van der Waals surface area contributed by atoms with E-state index in [0.717, 1.165) is 16.3 Å². The molecule has 1 fully saturated rings. The van der Waals surface area contributed by atoms with Crippen LogP contribution in [0.15, 0.2) is 29.2 Å². The number of carbonyl (C=O) groups is 2. The number of sulfonamides is 1. The number of aryl methyl sites for hydroxylation is 1. The SMILES string of the molecule is Cc1ccc(S(=O)(=O)N2C(=O)CC[C@H]2C(=O)NCCC(C)C)cc1. The fraction of sp³-hybridized carbons (Fsp3) is 0.529. The lowest BCUT2D eigenvalue weighted by Crippen LogP contribution is -2.47. The van der Waals surface area contributed by atoms with E-state index in [1.165, 1.54) is 12.1 Å². The van der Waals surface area contributed by atoms with E-state index < -0.39 is 27.9 Å². The van der Waals surface area contributed by atoms with Gasteiger partial charge in [0.2, 0.25) is 11.8 Å². The Morgan fingerprint density at radius 1 is 1.29 bits per heavy atom. The van der Waals surface area contributed by atoms with Gasteiger partial charge in [0.25, 0.3) is 10.0 Å². The van der Waals surface area contributed by atoms with Crippen LogP contribution in [0.2, 0.25) is 0 Å². The molecule has 2 rings (SSSR count). The number of amides is 2. The highest BCUT2D eigenvalue weighted by Gasteiger charge is 2.44. The lowest BCUT2D eigenvalue weighted by molar-refractivity contribution is -0.130. The van der Waals surface area contributed by atoms with Gasteiger partial charge in [0, 0.05) is 13.0 Å². The molecular formula is C17H24N2O4S. The summed E-state index contributed by atoms with van der Waals surface area (Å²) in [7, 11) is -4.02. The largest absolute Gasteiger partial charge is 0.354 e. The number of nitrogens with zero attached hydrogens (tertiary/aromatic N) is 1. The number of rotatable bonds is 6. The zero-order valence-corrected chi connectivity index (χ0v) is 15.1. The van der Waals surface area contributed by atoms with Gasteiger partial charge in [-0.2, -0.15) is 0 Å². The molecule has 1 heterocycles. The molecule has 0 radical (unpaired) electrons. The first-order chi connectivity index (χ1) is 11.2. The van der Waals surface area contributed by atoms with Crippen molar-refractivity contribution in [3.05, 3.63) is 29.8 Å². The van der Waals surface area contributed by atoms with Crippen LogP contribution >= 0.6 is 0 Å². The third-order valence-corrected chi connectivity index (χ3v) is 5.91. The molecule has 1 aromatic rings. The fourth-order valence-corrected chi connectivity index (χ4v) is 4.23. The zero-order valence-electron chi connectivity index (χ0n) is 14.3. The quantitative estimate of drug-likeness (QED) is 0.847. The van der Waals surface area contributed by atoms with E-state index in [0.29, 0.717) is 12.5 Å². The summed E-state index contributed by atoms with van der Waals surface area (Å²) in [6.07, 6.45) is 1.09. The van der Waals surface area contributed by atoms with E-state index in [2.05, 4.69) is 5.32 Å². The highest BCUT2D eigenvalue weighted by Crippen LogP contribution is 2.27. The maximum Gasteiger partial charge on any atom is 0.267 e. The van der Waals surface area contributed by atoms with E-state index in [9.17, 15) is 18.0 Å². The molecule has 0 aromatic heterocycles. The topological polar surface area (TPSA) is 83.6 Å². The summed E-state index contributed by atoms with van der Waals surface area (Å²) in [5.74, 6) is -0.500. The predicted molar refractivity (Wildman–Crippen MR) is 90.7 cm³/mol. The molecule has 1 saturated heterocycles. The molecule has 1 aliphatic heterocycles. The maximum atomic E-state index is 12.8. The van der Waals surface area contributed by atoms with Gasteiger partial charge in [0.05, 0.1) is 4.90 Å². The van der Waals surface area contributed by atoms with Gasteiger partial charge >= 0.3 is 0 Å². The van der Waals surface area contributed by atoms with Crippen molar-refractivity contribution in [1.82, 2.24) is 9.62 Å². The Morgan fingerprint density at radius 2 is 1.92 bits per heavy atom. The standard InChI is InChI=1S/C17H24N2O4S/c1-12(2)10-11-18-17(21)15-8-9-16(20)19(15)24(22,23)14-6-4-13(3)5-7-14/h4-7,12,15H,8-11H2,1-3H3,(H,18,21)/t15-/m0/s1. The lowest BCUT2D eigenvalue weighted by Gasteiger charge is -2.24. The number of hydrogen-bond acceptors (Lipinski definition) is 4. The van der Waals surface area contributed by atoms with Crippen molar-refractivity contribution in [3.63, 3.8) is 0 Å². The zero-order chi connectivity index (χ0) is 17.9. The molecule has 0 saturated carbocycles. The van der Waals surface area contributed by atoms with Crippen molar-refractivity contribution >= 4 is 21.8 Å². The normalized spacial score (nSPS) is 18.2. The molecule has 2 amide bonds. The van der Waals surface area contributed by atoms with Crippen LogP contribution in [-0.2, 0) is 19.6 Å². The molecule has 6 nitrogen and oxygen atoms in total. The van der Waals surface area contributed by atoms with Crippen LogP contribution in [0, 0.1) is 12.8 Å². The van der Waals surface area contributed by atoms with Crippen molar-refractivity contribution in [3.8, 4) is 0 Å². The van der Waals surface area contributed by atoms with Crippen molar-refractivity contribution in [1.29, 1.82) is 0 Å². The molecular weight excluding hydrogens is 328 g/mol. The van der Waals surface area contributed by atoms with Gasteiger partial charge in [-0.3, -0.25) is 9.59 Å². The summed E-state index contributed by atoms with van der Waals surface area (Å²) < 4.78 is 26.3. The second kappa shape index (κ2) is 7.34. The molecule has 1 atom stereocenters. The van der Waals surface area contributed by atoms with Gasteiger partial charge in [0.1, 0.15) is 6.04 Å². The first-order valence-electron chi connectivity index (χ1n) is 8.15. The Balaban J connectivity index is 2.20. The Morgan fingerprint density at radius 3 is 2.50 bits per heavy atom. The average molecular weight is 352 g/mol. The Kier molecular flexibility index (Phi) is 5.64. The maximum absolute atomic E-state index is 12.8. The number of hydrogen-bond donors (Lipinski definition) is 1. The Labute approximate surface area is 143 Å². The van der Waals surface area contributed by atoms with Crippen LogP contribution in [0.5, 0.6) is 0 Å². The number of nitrogens with one attached hydrogen (secondary N) is 1. The summed E-state index contributed by atoms with van der Waals surface area (Å²) in [5, 5.41) is 2.74. The van der Waals surface area contributed by atoms with Gasteiger partial charge in [-0.15, -0.1) is 0 Å². The molecule has 0 aliphatic carbocycles. The fourth-order valence-electron chi connectivity index (χ4n) is 2.63. The molecule has 1 aliphatic rings. The lowest BCUT2D eigenvalue weighted by atomic mass is 10.1. The average Bonchev–Trinajstić information content (AvgIpc) is 2.90. The molecule has 0 bridgehead atoms. The van der Waals surface area contributed by atoms with Crippen LogP contribution in [0.3, 0.4) is 0 Å². The Hall–Kier alpha value is -1.89. The third kappa shape index (κ3) is 3.95.